The van der Waals surface area contributed by atoms with E-state index in [4.69, 9.17) is 0 Å². The van der Waals surface area contributed by atoms with Crippen LogP contribution >= 0.6 is 11.3 Å². The van der Waals surface area contributed by atoms with Crippen molar-refractivity contribution in [2.75, 3.05) is 26.7 Å². The molecule has 0 aromatic carbocycles. The highest BCUT2D eigenvalue weighted by Crippen LogP contribution is 2.35. The molecule has 1 fully saturated rings. The Kier molecular flexibility index (Phi) is 4.54. The first kappa shape index (κ1) is 13.0. The van der Waals surface area contributed by atoms with Crippen molar-refractivity contribution in [1.29, 1.82) is 0 Å². The van der Waals surface area contributed by atoms with E-state index >= 15 is 0 Å². The summed E-state index contributed by atoms with van der Waals surface area (Å²) in [6, 6.07) is 0.518. The molecule has 3 nitrogen and oxygen atoms in total. The normalized spacial score (nSPS) is 25.6. The van der Waals surface area contributed by atoms with E-state index < -0.39 is 0 Å². The zero-order chi connectivity index (χ0) is 12.3. The summed E-state index contributed by atoms with van der Waals surface area (Å²) in [5.74, 6) is 0.716. The molecule has 1 saturated heterocycles. The Morgan fingerprint density at radius 2 is 2.41 bits per heavy atom. The Bertz CT molecular complexity index is 350. The van der Waals surface area contributed by atoms with Gasteiger partial charge in [-0.05, 0) is 52.4 Å². The minimum Gasteiger partial charge on any atom is -0.316 e. The molecule has 0 radical (unpaired) electrons. The monoisotopic (exact) mass is 253 g/mol. The molecule has 1 aromatic heterocycles. The number of hydrogen-bond acceptors (Lipinski definition) is 4. The van der Waals surface area contributed by atoms with Crippen molar-refractivity contribution >= 4 is 11.3 Å². The summed E-state index contributed by atoms with van der Waals surface area (Å²) in [5.41, 5.74) is 1.27. The predicted molar refractivity (Wildman–Crippen MR) is 73.5 cm³/mol. The van der Waals surface area contributed by atoms with Crippen molar-refractivity contribution in [3.8, 4) is 0 Å². The van der Waals surface area contributed by atoms with Crippen LogP contribution in [0.2, 0.25) is 0 Å². The quantitative estimate of drug-likeness (QED) is 0.817. The molecule has 96 valence electrons. The Morgan fingerprint density at radius 3 is 3.06 bits per heavy atom. The van der Waals surface area contributed by atoms with E-state index in [1.807, 2.05) is 0 Å². The van der Waals surface area contributed by atoms with E-state index in [2.05, 4.69) is 41.5 Å². The van der Waals surface area contributed by atoms with E-state index in [0.717, 1.165) is 13.1 Å². The Balaban J connectivity index is 2.01. The third-order valence-corrected chi connectivity index (χ3v) is 4.34. The van der Waals surface area contributed by atoms with Gasteiger partial charge in [0.1, 0.15) is 0 Å². The van der Waals surface area contributed by atoms with E-state index in [0.29, 0.717) is 12.0 Å². The summed E-state index contributed by atoms with van der Waals surface area (Å²) < 4.78 is 0. The molecule has 1 aliphatic heterocycles. The topological polar surface area (TPSA) is 28.2 Å². The standard InChI is InChI=1S/C13H23N3S/c1-4-6-14-8-11-5-7-16(3)13(11)12-9-17-10(2)15-12/h9,11,13-14H,4-8H2,1-3H3. The fourth-order valence-electron chi connectivity index (χ4n) is 2.69. The minimum atomic E-state index is 0.518. The number of rotatable bonds is 5. The van der Waals surface area contributed by atoms with Crippen LogP contribution in [0.4, 0.5) is 0 Å². The average molecular weight is 253 g/mol. The van der Waals surface area contributed by atoms with Crippen LogP contribution in [-0.4, -0.2) is 36.6 Å². The van der Waals surface area contributed by atoms with Gasteiger partial charge in [-0.3, -0.25) is 4.90 Å². The summed E-state index contributed by atoms with van der Waals surface area (Å²) in [5, 5.41) is 6.96. The lowest BCUT2D eigenvalue weighted by atomic mass is 9.98. The van der Waals surface area contributed by atoms with Crippen LogP contribution in [0, 0.1) is 12.8 Å². The SMILES string of the molecule is CCCNCC1CCN(C)C1c1csc(C)n1. The van der Waals surface area contributed by atoms with Gasteiger partial charge in [-0.25, -0.2) is 4.98 Å². The molecule has 0 spiro atoms. The van der Waals surface area contributed by atoms with Gasteiger partial charge in [-0.15, -0.1) is 11.3 Å². The number of aromatic nitrogens is 1. The van der Waals surface area contributed by atoms with Crippen LogP contribution in [0.5, 0.6) is 0 Å². The highest BCUT2D eigenvalue weighted by Gasteiger charge is 2.33. The Morgan fingerprint density at radius 1 is 1.59 bits per heavy atom. The van der Waals surface area contributed by atoms with E-state index in [1.54, 1.807) is 11.3 Å². The molecular formula is C13H23N3S. The highest BCUT2D eigenvalue weighted by molar-refractivity contribution is 7.09. The van der Waals surface area contributed by atoms with Crippen molar-refractivity contribution in [2.24, 2.45) is 5.92 Å². The second-order valence-electron chi connectivity index (χ2n) is 4.97. The number of aryl methyl sites for hydroxylation is 1. The summed E-state index contributed by atoms with van der Waals surface area (Å²) in [6.07, 6.45) is 2.50. The molecule has 0 aliphatic carbocycles. The van der Waals surface area contributed by atoms with Crippen molar-refractivity contribution in [2.45, 2.75) is 32.7 Å². The van der Waals surface area contributed by atoms with Crippen LogP contribution < -0.4 is 5.32 Å². The van der Waals surface area contributed by atoms with Gasteiger partial charge in [0.05, 0.1) is 16.7 Å². The lowest BCUT2D eigenvalue weighted by Gasteiger charge is -2.23. The number of hydrogen-bond donors (Lipinski definition) is 1. The fourth-order valence-corrected chi connectivity index (χ4v) is 3.33. The molecule has 2 heterocycles. The molecule has 2 unspecified atom stereocenters. The molecule has 4 heteroatoms. The number of nitrogens with one attached hydrogen (secondary N) is 1. The molecule has 0 saturated carbocycles. The zero-order valence-corrected chi connectivity index (χ0v) is 11.9. The van der Waals surface area contributed by atoms with Crippen LogP contribution in [0.1, 0.15) is 36.5 Å². The maximum atomic E-state index is 4.67. The first-order valence-corrected chi connectivity index (χ1v) is 7.43. The minimum absolute atomic E-state index is 0.518. The van der Waals surface area contributed by atoms with Gasteiger partial charge >= 0.3 is 0 Å². The van der Waals surface area contributed by atoms with Crippen molar-refractivity contribution < 1.29 is 0 Å². The van der Waals surface area contributed by atoms with Gasteiger partial charge in [0.2, 0.25) is 0 Å². The maximum absolute atomic E-state index is 4.67. The predicted octanol–water partition coefficient (Wildman–Crippen LogP) is 2.44. The molecule has 0 bridgehead atoms. The van der Waals surface area contributed by atoms with Crippen LogP contribution in [-0.2, 0) is 0 Å². The fraction of sp³-hybridized carbons (Fsp3) is 0.769. The van der Waals surface area contributed by atoms with Gasteiger partial charge in [-0.1, -0.05) is 6.92 Å². The number of thiazole rings is 1. The van der Waals surface area contributed by atoms with Gasteiger partial charge < -0.3 is 5.32 Å². The largest absolute Gasteiger partial charge is 0.316 e. The average Bonchev–Trinajstić information content (AvgIpc) is 2.86. The van der Waals surface area contributed by atoms with E-state index in [9.17, 15) is 0 Å². The summed E-state index contributed by atoms with van der Waals surface area (Å²) in [4.78, 5) is 7.12. The van der Waals surface area contributed by atoms with Gasteiger partial charge in [0, 0.05) is 5.38 Å². The first-order valence-electron chi connectivity index (χ1n) is 6.55. The van der Waals surface area contributed by atoms with E-state index in [1.165, 1.54) is 30.1 Å². The maximum Gasteiger partial charge on any atom is 0.0898 e. The molecule has 1 aliphatic rings. The highest BCUT2D eigenvalue weighted by atomic mass is 32.1. The molecule has 1 aromatic rings. The van der Waals surface area contributed by atoms with Crippen LogP contribution in [0.3, 0.4) is 0 Å². The Labute approximate surface area is 108 Å². The lowest BCUT2D eigenvalue weighted by Crippen LogP contribution is -2.29. The zero-order valence-electron chi connectivity index (χ0n) is 11.1. The molecule has 2 rings (SSSR count). The van der Waals surface area contributed by atoms with Crippen LogP contribution in [0.15, 0.2) is 5.38 Å². The van der Waals surface area contributed by atoms with Gasteiger partial charge in [0.25, 0.3) is 0 Å². The summed E-state index contributed by atoms with van der Waals surface area (Å²) >= 11 is 1.77. The lowest BCUT2D eigenvalue weighted by molar-refractivity contribution is 0.267. The second-order valence-corrected chi connectivity index (χ2v) is 6.03. The summed E-state index contributed by atoms with van der Waals surface area (Å²) in [7, 11) is 2.22. The molecule has 1 N–H and O–H groups in total. The smallest absolute Gasteiger partial charge is 0.0898 e. The molecule has 2 atom stereocenters. The van der Waals surface area contributed by atoms with Crippen molar-refractivity contribution in [3.05, 3.63) is 16.1 Å². The van der Waals surface area contributed by atoms with Gasteiger partial charge in [-0.2, -0.15) is 0 Å². The number of likely N-dealkylation sites (tertiary alicyclic amines) is 1. The third kappa shape index (κ3) is 3.06. The number of nitrogens with zero attached hydrogens (tertiary/aromatic N) is 2. The van der Waals surface area contributed by atoms with Gasteiger partial charge in [0.15, 0.2) is 0 Å². The van der Waals surface area contributed by atoms with Crippen molar-refractivity contribution in [3.63, 3.8) is 0 Å². The Hall–Kier alpha value is -0.450. The second kappa shape index (κ2) is 5.94. The van der Waals surface area contributed by atoms with Crippen LogP contribution in [0.25, 0.3) is 0 Å². The third-order valence-electron chi connectivity index (χ3n) is 3.55. The molecule has 0 amide bonds. The first-order chi connectivity index (χ1) is 8.22. The molecular weight excluding hydrogens is 230 g/mol. The van der Waals surface area contributed by atoms with E-state index in [-0.39, 0.29) is 0 Å². The molecule has 17 heavy (non-hydrogen) atoms. The van der Waals surface area contributed by atoms with Crippen molar-refractivity contribution in [1.82, 2.24) is 15.2 Å². The summed E-state index contributed by atoms with van der Waals surface area (Å²) in [6.45, 7) is 7.75.